The summed E-state index contributed by atoms with van der Waals surface area (Å²) in [5.74, 6) is 1.10. The molecule has 0 bridgehead atoms. The van der Waals surface area contributed by atoms with E-state index in [1.165, 1.54) is 11.8 Å². The van der Waals surface area contributed by atoms with Gasteiger partial charge in [0.25, 0.3) is 0 Å². The molecule has 2 amide bonds. The van der Waals surface area contributed by atoms with Crippen molar-refractivity contribution >= 4 is 29.3 Å². The summed E-state index contributed by atoms with van der Waals surface area (Å²) in [5.41, 5.74) is 2.79. The van der Waals surface area contributed by atoms with Gasteiger partial charge in [0.2, 0.25) is 11.8 Å². The lowest BCUT2D eigenvalue weighted by atomic mass is 10.1. The third-order valence-corrected chi connectivity index (χ3v) is 5.90. The number of hydrogen-bond donors (Lipinski definition) is 2. The van der Waals surface area contributed by atoms with E-state index in [0.717, 1.165) is 47.2 Å². The normalized spacial score (nSPS) is 14.6. The zero-order valence-electron chi connectivity index (χ0n) is 16.8. The van der Waals surface area contributed by atoms with E-state index >= 15 is 0 Å². The summed E-state index contributed by atoms with van der Waals surface area (Å²) in [4.78, 5) is 24.7. The number of carbonyl (C=O) groups excluding carboxylic acids is 2. The highest BCUT2D eigenvalue weighted by Gasteiger charge is 2.30. The second kappa shape index (κ2) is 8.77. The van der Waals surface area contributed by atoms with Crippen molar-refractivity contribution in [2.24, 2.45) is 0 Å². The second-order valence-electron chi connectivity index (χ2n) is 7.15. The summed E-state index contributed by atoms with van der Waals surface area (Å²) < 4.78 is 2.08. The van der Waals surface area contributed by atoms with E-state index in [2.05, 4.69) is 32.3 Å². The predicted octanol–water partition coefficient (Wildman–Crippen LogP) is 3.03. The Morgan fingerprint density at radius 1 is 1.25 bits per heavy atom. The standard InChI is InChI=1S/C20H27N5O2S/c1-5-25-18(15-9-10-15)23-24-20(25)28-14(4)19(27)21-11-16(26)22-17-12(2)7-6-8-13(17)3/h6-8,14-15H,5,9-11H2,1-4H3,(H,21,27)(H,22,26). The predicted molar refractivity (Wildman–Crippen MR) is 111 cm³/mol. The van der Waals surface area contributed by atoms with Crippen LogP contribution in [0.3, 0.4) is 0 Å². The number of aromatic nitrogens is 3. The van der Waals surface area contributed by atoms with Crippen LogP contribution in [-0.4, -0.2) is 38.4 Å². The average molecular weight is 402 g/mol. The quantitative estimate of drug-likeness (QED) is 0.664. The number of thioether (sulfide) groups is 1. The Morgan fingerprint density at radius 2 is 1.93 bits per heavy atom. The number of para-hydroxylation sites is 1. The molecule has 0 spiro atoms. The number of carbonyl (C=O) groups is 2. The highest BCUT2D eigenvalue weighted by molar-refractivity contribution is 8.00. The number of nitrogens with zero attached hydrogens (tertiary/aromatic N) is 3. The maximum atomic E-state index is 12.4. The van der Waals surface area contributed by atoms with Gasteiger partial charge in [-0.1, -0.05) is 30.0 Å². The Balaban J connectivity index is 1.52. The van der Waals surface area contributed by atoms with Crippen molar-refractivity contribution in [3.63, 3.8) is 0 Å². The molecule has 1 aromatic heterocycles. The van der Waals surface area contributed by atoms with Crippen LogP contribution in [-0.2, 0) is 16.1 Å². The Morgan fingerprint density at radius 3 is 2.54 bits per heavy atom. The first-order valence-corrected chi connectivity index (χ1v) is 10.5. The first-order valence-electron chi connectivity index (χ1n) is 9.64. The molecule has 150 valence electrons. The van der Waals surface area contributed by atoms with E-state index in [0.29, 0.717) is 5.92 Å². The molecule has 1 unspecified atom stereocenters. The first kappa shape index (κ1) is 20.4. The number of amides is 2. The van der Waals surface area contributed by atoms with Crippen LogP contribution in [0.5, 0.6) is 0 Å². The van der Waals surface area contributed by atoms with Gasteiger partial charge in [0.05, 0.1) is 11.8 Å². The second-order valence-corrected chi connectivity index (χ2v) is 8.46. The van der Waals surface area contributed by atoms with Crippen molar-refractivity contribution in [3.8, 4) is 0 Å². The van der Waals surface area contributed by atoms with Crippen LogP contribution >= 0.6 is 11.8 Å². The van der Waals surface area contributed by atoms with Gasteiger partial charge in [-0.2, -0.15) is 0 Å². The Kier molecular flexibility index (Phi) is 6.39. The number of nitrogens with one attached hydrogen (secondary N) is 2. The van der Waals surface area contributed by atoms with Crippen LogP contribution in [0, 0.1) is 13.8 Å². The highest BCUT2D eigenvalue weighted by Crippen LogP contribution is 2.40. The summed E-state index contributed by atoms with van der Waals surface area (Å²) in [7, 11) is 0. The number of rotatable bonds is 8. The molecule has 8 heteroatoms. The molecule has 0 radical (unpaired) electrons. The molecule has 3 rings (SSSR count). The van der Waals surface area contributed by atoms with Crippen LogP contribution in [0.4, 0.5) is 5.69 Å². The lowest BCUT2D eigenvalue weighted by Gasteiger charge is -2.14. The summed E-state index contributed by atoms with van der Waals surface area (Å²) in [6.07, 6.45) is 2.32. The van der Waals surface area contributed by atoms with E-state index in [-0.39, 0.29) is 23.6 Å². The van der Waals surface area contributed by atoms with Gasteiger partial charge in [0.1, 0.15) is 5.82 Å². The zero-order chi connectivity index (χ0) is 20.3. The summed E-state index contributed by atoms with van der Waals surface area (Å²) in [6.45, 7) is 8.48. The molecular formula is C20H27N5O2S. The van der Waals surface area contributed by atoms with Gasteiger partial charge in [-0.15, -0.1) is 10.2 Å². The molecule has 2 aromatic rings. The van der Waals surface area contributed by atoms with Crippen molar-refractivity contribution in [1.29, 1.82) is 0 Å². The maximum absolute atomic E-state index is 12.4. The third-order valence-electron chi connectivity index (χ3n) is 4.82. The molecular weight excluding hydrogens is 374 g/mol. The molecule has 1 heterocycles. The molecule has 1 aliphatic carbocycles. The minimum atomic E-state index is -0.366. The van der Waals surface area contributed by atoms with Crippen LogP contribution in [0.2, 0.25) is 0 Å². The Labute approximate surface area is 169 Å². The van der Waals surface area contributed by atoms with Gasteiger partial charge >= 0.3 is 0 Å². The molecule has 2 N–H and O–H groups in total. The molecule has 28 heavy (non-hydrogen) atoms. The molecule has 1 aliphatic rings. The van der Waals surface area contributed by atoms with Gasteiger partial charge in [0, 0.05) is 18.2 Å². The Hall–Kier alpha value is -2.35. The molecule has 0 saturated heterocycles. The van der Waals surface area contributed by atoms with Crippen molar-refractivity contribution in [2.75, 3.05) is 11.9 Å². The van der Waals surface area contributed by atoms with Crippen LogP contribution < -0.4 is 10.6 Å². The van der Waals surface area contributed by atoms with Crippen molar-refractivity contribution < 1.29 is 9.59 Å². The summed E-state index contributed by atoms with van der Waals surface area (Å²) in [5, 5.41) is 14.5. The first-order chi connectivity index (χ1) is 13.4. The number of benzene rings is 1. The van der Waals surface area contributed by atoms with E-state index in [4.69, 9.17) is 0 Å². The number of aryl methyl sites for hydroxylation is 2. The molecule has 1 aromatic carbocycles. The number of anilines is 1. The van der Waals surface area contributed by atoms with Crippen molar-refractivity contribution in [3.05, 3.63) is 35.2 Å². The molecule has 1 saturated carbocycles. The monoisotopic (exact) mass is 401 g/mol. The average Bonchev–Trinajstić information content (AvgIpc) is 3.43. The Bertz CT molecular complexity index is 855. The van der Waals surface area contributed by atoms with E-state index in [9.17, 15) is 9.59 Å². The summed E-state index contributed by atoms with van der Waals surface area (Å²) >= 11 is 1.38. The summed E-state index contributed by atoms with van der Waals surface area (Å²) in [6, 6.07) is 5.84. The topological polar surface area (TPSA) is 88.9 Å². The fraction of sp³-hybridized carbons (Fsp3) is 0.500. The van der Waals surface area contributed by atoms with Gasteiger partial charge in [0.15, 0.2) is 5.16 Å². The van der Waals surface area contributed by atoms with E-state index in [1.807, 2.05) is 39.0 Å². The van der Waals surface area contributed by atoms with Gasteiger partial charge in [-0.3, -0.25) is 9.59 Å². The zero-order valence-corrected chi connectivity index (χ0v) is 17.6. The van der Waals surface area contributed by atoms with Crippen LogP contribution in [0.25, 0.3) is 0 Å². The highest BCUT2D eigenvalue weighted by atomic mass is 32.2. The van der Waals surface area contributed by atoms with E-state index in [1.54, 1.807) is 0 Å². The largest absolute Gasteiger partial charge is 0.346 e. The molecule has 7 nitrogen and oxygen atoms in total. The fourth-order valence-corrected chi connectivity index (χ4v) is 3.99. The van der Waals surface area contributed by atoms with Gasteiger partial charge < -0.3 is 15.2 Å². The van der Waals surface area contributed by atoms with Crippen molar-refractivity contribution in [1.82, 2.24) is 20.1 Å². The van der Waals surface area contributed by atoms with Crippen LogP contribution in [0.15, 0.2) is 23.4 Å². The molecule has 0 aliphatic heterocycles. The minimum Gasteiger partial charge on any atom is -0.346 e. The third kappa shape index (κ3) is 4.73. The van der Waals surface area contributed by atoms with Crippen LogP contribution in [0.1, 0.15) is 49.6 Å². The number of hydrogen-bond acceptors (Lipinski definition) is 5. The van der Waals surface area contributed by atoms with Gasteiger partial charge in [-0.25, -0.2) is 0 Å². The van der Waals surface area contributed by atoms with E-state index < -0.39 is 0 Å². The lowest BCUT2D eigenvalue weighted by Crippen LogP contribution is -2.37. The lowest BCUT2D eigenvalue weighted by molar-refractivity contribution is -0.123. The SMILES string of the molecule is CCn1c(SC(C)C(=O)NCC(=O)Nc2c(C)cccc2C)nnc1C1CC1. The maximum Gasteiger partial charge on any atom is 0.243 e. The smallest absolute Gasteiger partial charge is 0.243 e. The fourth-order valence-electron chi connectivity index (χ4n) is 3.05. The molecule has 1 fully saturated rings. The molecule has 1 atom stereocenters. The minimum absolute atomic E-state index is 0.0642. The van der Waals surface area contributed by atoms with Gasteiger partial charge in [-0.05, 0) is 51.7 Å². The van der Waals surface area contributed by atoms with Crippen molar-refractivity contribution in [2.45, 2.75) is 63.4 Å².